The summed E-state index contributed by atoms with van der Waals surface area (Å²) in [6, 6.07) is 10.4. The maximum Gasteiger partial charge on any atom is 0.0280 e. The van der Waals surface area contributed by atoms with Crippen LogP contribution in [0.3, 0.4) is 0 Å². The molecule has 2 nitrogen and oxygen atoms in total. The topological polar surface area (TPSA) is 32.6 Å². The van der Waals surface area contributed by atoms with Gasteiger partial charge in [0.15, 0.2) is 0 Å². The predicted octanol–water partition coefficient (Wildman–Crippen LogP) is 3.33. The van der Waals surface area contributed by atoms with Gasteiger partial charge in [0.2, 0.25) is 0 Å². The van der Waals surface area contributed by atoms with E-state index in [1.54, 1.807) is 0 Å². The molecule has 1 atom stereocenters. The third-order valence-electron chi connectivity index (χ3n) is 3.01. The van der Waals surface area contributed by atoms with E-state index in [-0.39, 0.29) is 0 Å². The molecule has 1 aliphatic carbocycles. The van der Waals surface area contributed by atoms with E-state index >= 15 is 0 Å². The average molecular weight is 201 g/mol. The van der Waals surface area contributed by atoms with Gasteiger partial charge in [0.25, 0.3) is 0 Å². The highest BCUT2D eigenvalue weighted by molar-refractivity contribution is 5.60. The van der Waals surface area contributed by atoms with Gasteiger partial charge in [-0.15, -0.1) is 0 Å². The second-order valence-corrected chi connectivity index (χ2v) is 3.95. The van der Waals surface area contributed by atoms with Crippen molar-refractivity contribution >= 4 is 5.87 Å². The third kappa shape index (κ3) is 2.28. The molecule has 0 amide bonds. The highest BCUT2D eigenvalue weighted by atomic mass is 16.4. The molecule has 0 aromatic heterocycles. The summed E-state index contributed by atoms with van der Waals surface area (Å²) in [5, 5.41) is 11.6. The molecule has 1 N–H and O–H groups in total. The quantitative estimate of drug-likeness (QED) is 0.422. The first-order chi connectivity index (χ1) is 7.42. The largest absolute Gasteiger partial charge is 0.404 e. The molecule has 78 valence electrons. The molecule has 1 saturated carbocycles. The third-order valence-corrected chi connectivity index (χ3v) is 3.01. The molecule has 0 radical (unpaired) electrons. The standard InChI is InChI=1S/C13H15NO/c15-14-10-12-8-4-5-9-13(12)11-6-2-1-3-7-11/h1-3,6-7,13,15H,4-5,8-9H2. The second-order valence-electron chi connectivity index (χ2n) is 3.95. The molecule has 1 unspecified atom stereocenters. The van der Waals surface area contributed by atoms with E-state index in [4.69, 9.17) is 5.21 Å². The Bertz CT molecular complexity index is 377. The van der Waals surface area contributed by atoms with E-state index in [1.165, 1.54) is 18.4 Å². The maximum absolute atomic E-state index is 8.58. The Kier molecular flexibility index (Phi) is 3.21. The maximum atomic E-state index is 8.58. The fourth-order valence-electron chi connectivity index (χ4n) is 2.26. The Morgan fingerprint density at radius 2 is 2.00 bits per heavy atom. The smallest absolute Gasteiger partial charge is 0.0280 e. The molecule has 1 aromatic carbocycles. The summed E-state index contributed by atoms with van der Waals surface area (Å²) in [5.74, 6) is 3.13. The van der Waals surface area contributed by atoms with Crippen molar-refractivity contribution in [1.82, 2.24) is 0 Å². The fraction of sp³-hybridized carbons (Fsp3) is 0.385. The lowest BCUT2D eigenvalue weighted by molar-refractivity contribution is 0.322. The van der Waals surface area contributed by atoms with Crippen LogP contribution < -0.4 is 0 Å². The predicted molar refractivity (Wildman–Crippen MR) is 60.4 cm³/mol. The number of hydrogen-bond acceptors (Lipinski definition) is 2. The van der Waals surface area contributed by atoms with Crippen LogP contribution in [0.25, 0.3) is 0 Å². The minimum Gasteiger partial charge on any atom is -0.404 e. The molecular formula is C13H15NO. The monoisotopic (exact) mass is 201 g/mol. The average Bonchev–Trinajstić information content (AvgIpc) is 2.31. The van der Waals surface area contributed by atoms with Crippen molar-refractivity contribution < 1.29 is 5.21 Å². The van der Waals surface area contributed by atoms with Crippen molar-refractivity contribution in [1.29, 1.82) is 0 Å². The van der Waals surface area contributed by atoms with Crippen LogP contribution >= 0.6 is 0 Å². The van der Waals surface area contributed by atoms with Crippen molar-refractivity contribution in [3.05, 3.63) is 41.5 Å². The Labute approximate surface area is 89.9 Å². The van der Waals surface area contributed by atoms with Gasteiger partial charge < -0.3 is 5.21 Å². The first-order valence-electron chi connectivity index (χ1n) is 5.42. The van der Waals surface area contributed by atoms with Crippen LogP contribution in [0.2, 0.25) is 0 Å². The summed E-state index contributed by atoms with van der Waals surface area (Å²) >= 11 is 0. The zero-order chi connectivity index (χ0) is 10.5. The zero-order valence-electron chi connectivity index (χ0n) is 8.69. The SMILES string of the molecule is ON=C=C1CCCCC1c1ccccc1. The molecule has 2 rings (SSSR count). The van der Waals surface area contributed by atoms with E-state index < -0.39 is 0 Å². The molecule has 15 heavy (non-hydrogen) atoms. The van der Waals surface area contributed by atoms with Gasteiger partial charge in [0.05, 0.1) is 0 Å². The lowest BCUT2D eigenvalue weighted by atomic mass is 9.80. The van der Waals surface area contributed by atoms with Crippen LogP contribution in [-0.4, -0.2) is 11.1 Å². The lowest BCUT2D eigenvalue weighted by Crippen LogP contribution is -2.08. The van der Waals surface area contributed by atoms with Gasteiger partial charge in [0.1, 0.15) is 0 Å². The van der Waals surface area contributed by atoms with Gasteiger partial charge in [-0.05, 0) is 30.0 Å². The van der Waals surface area contributed by atoms with Crippen LogP contribution in [0, 0.1) is 0 Å². The molecule has 1 aromatic rings. The number of benzene rings is 1. The van der Waals surface area contributed by atoms with Crippen LogP contribution in [-0.2, 0) is 0 Å². The molecule has 0 saturated heterocycles. The highest BCUT2D eigenvalue weighted by Gasteiger charge is 2.20. The first kappa shape index (κ1) is 10.0. The molecular weight excluding hydrogens is 186 g/mol. The Morgan fingerprint density at radius 3 is 2.73 bits per heavy atom. The second kappa shape index (κ2) is 4.81. The zero-order valence-corrected chi connectivity index (χ0v) is 8.69. The van der Waals surface area contributed by atoms with Gasteiger partial charge >= 0.3 is 0 Å². The summed E-state index contributed by atoms with van der Waals surface area (Å²) in [4.78, 5) is 0. The highest BCUT2D eigenvalue weighted by Crippen LogP contribution is 2.35. The van der Waals surface area contributed by atoms with E-state index in [0.29, 0.717) is 5.92 Å². The number of allylic oxidation sites excluding steroid dienone is 1. The number of nitrogens with zero attached hydrogens (tertiary/aromatic N) is 1. The van der Waals surface area contributed by atoms with E-state index in [0.717, 1.165) is 18.4 Å². The lowest BCUT2D eigenvalue weighted by Gasteiger charge is -2.23. The minimum absolute atomic E-state index is 0.399. The molecule has 2 heteroatoms. The van der Waals surface area contributed by atoms with Crippen molar-refractivity contribution in [2.24, 2.45) is 5.16 Å². The number of hydrogen-bond donors (Lipinski definition) is 1. The molecule has 1 fully saturated rings. The van der Waals surface area contributed by atoms with E-state index in [9.17, 15) is 0 Å². The Morgan fingerprint density at radius 1 is 1.20 bits per heavy atom. The molecule has 0 aliphatic heterocycles. The van der Waals surface area contributed by atoms with Crippen LogP contribution in [0.5, 0.6) is 0 Å². The summed E-state index contributed by atoms with van der Waals surface area (Å²) in [6.45, 7) is 0. The molecule has 1 aliphatic rings. The molecule has 0 bridgehead atoms. The summed E-state index contributed by atoms with van der Waals surface area (Å²) in [7, 11) is 0. The summed E-state index contributed by atoms with van der Waals surface area (Å²) < 4.78 is 0. The Balaban J connectivity index is 2.30. The van der Waals surface area contributed by atoms with Gasteiger partial charge in [-0.3, -0.25) is 0 Å². The van der Waals surface area contributed by atoms with E-state index in [1.807, 2.05) is 6.07 Å². The Hall–Kier alpha value is -1.53. The minimum atomic E-state index is 0.399. The summed E-state index contributed by atoms with van der Waals surface area (Å²) in [5.41, 5.74) is 2.44. The van der Waals surface area contributed by atoms with Gasteiger partial charge in [-0.2, -0.15) is 0 Å². The van der Waals surface area contributed by atoms with Gasteiger partial charge in [-0.25, -0.2) is 0 Å². The first-order valence-corrected chi connectivity index (χ1v) is 5.42. The van der Waals surface area contributed by atoms with Crippen LogP contribution in [0.1, 0.15) is 37.2 Å². The number of rotatable bonds is 1. The van der Waals surface area contributed by atoms with Gasteiger partial charge in [-0.1, -0.05) is 36.8 Å². The van der Waals surface area contributed by atoms with Crippen molar-refractivity contribution in [3.8, 4) is 0 Å². The molecule has 0 spiro atoms. The van der Waals surface area contributed by atoms with E-state index in [2.05, 4.69) is 35.3 Å². The summed E-state index contributed by atoms with van der Waals surface area (Å²) in [6.07, 6.45) is 4.57. The van der Waals surface area contributed by atoms with Crippen molar-refractivity contribution in [2.75, 3.05) is 0 Å². The van der Waals surface area contributed by atoms with Crippen molar-refractivity contribution in [2.45, 2.75) is 31.6 Å². The molecule has 0 heterocycles. The normalized spacial score (nSPS) is 20.8. The van der Waals surface area contributed by atoms with Crippen LogP contribution in [0.4, 0.5) is 0 Å². The van der Waals surface area contributed by atoms with Crippen LogP contribution in [0.15, 0.2) is 41.1 Å². The van der Waals surface area contributed by atoms with Crippen molar-refractivity contribution in [3.63, 3.8) is 0 Å². The fourth-order valence-corrected chi connectivity index (χ4v) is 2.26. The van der Waals surface area contributed by atoms with Gasteiger partial charge in [0, 0.05) is 17.4 Å².